The van der Waals surface area contributed by atoms with E-state index in [4.69, 9.17) is 14.2 Å². The van der Waals surface area contributed by atoms with Crippen LogP contribution in [0.4, 0.5) is 5.69 Å². The minimum absolute atomic E-state index is 0.0760. The molecule has 0 aromatic heterocycles. The molecule has 2 aromatic carbocycles. The van der Waals surface area contributed by atoms with E-state index in [1.807, 2.05) is 18.2 Å². The summed E-state index contributed by atoms with van der Waals surface area (Å²) in [6, 6.07) is 13.3. The molecule has 1 aliphatic rings. The molecule has 1 aliphatic heterocycles. The average molecular weight is 420 g/mol. The van der Waals surface area contributed by atoms with E-state index in [9.17, 15) is 13.2 Å². The number of ether oxygens (including phenoxy) is 3. The van der Waals surface area contributed by atoms with Crippen molar-refractivity contribution in [3.8, 4) is 11.5 Å². The molecule has 2 aromatic rings. The maximum atomic E-state index is 12.9. The number of methoxy groups -OCH3 is 1. The Kier molecular flexibility index (Phi) is 6.73. The van der Waals surface area contributed by atoms with E-state index >= 15 is 0 Å². The number of benzene rings is 2. The molecule has 3 rings (SSSR count). The van der Waals surface area contributed by atoms with Crippen molar-refractivity contribution in [2.24, 2.45) is 0 Å². The number of carbonyl (C=O) groups is 1. The molecule has 0 unspecified atom stereocenters. The summed E-state index contributed by atoms with van der Waals surface area (Å²) in [4.78, 5) is 12.7. The lowest BCUT2D eigenvalue weighted by atomic mass is 10.2. The lowest BCUT2D eigenvalue weighted by Crippen LogP contribution is -2.40. The molecular weight excluding hydrogens is 396 g/mol. The van der Waals surface area contributed by atoms with E-state index < -0.39 is 22.0 Å². The molecule has 0 spiro atoms. The highest BCUT2D eigenvalue weighted by Crippen LogP contribution is 2.29. The summed E-state index contributed by atoms with van der Waals surface area (Å²) >= 11 is 0. The summed E-state index contributed by atoms with van der Waals surface area (Å²) in [5.41, 5.74) is 0.260. The Morgan fingerprint density at radius 3 is 2.48 bits per heavy atom. The molecule has 156 valence electrons. The summed E-state index contributed by atoms with van der Waals surface area (Å²) < 4.78 is 43.3. The standard InChI is InChI=1S/C20H24N2O6S/c1-15(28-16-6-4-3-5-7-16)20(23)21-18-14-17(8-9-19(18)26-2)29(24,25)22-10-12-27-13-11-22/h3-9,14-15H,10-13H2,1-2H3,(H,21,23)/t15-/m0/s1. The van der Waals surface area contributed by atoms with Gasteiger partial charge in [-0.15, -0.1) is 0 Å². The van der Waals surface area contributed by atoms with Crippen LogP contribution in [0.5, 0.6) is 11.5 Å². The van der Waals surface area contributed by atoms with Crippen LogP contribution in [0.15, 0.2) is 53.4 Å². The number of hydrogen-bond acceptors (Lipinski definition) is 6. The van der Waals surface area contributed by atoms with Crippen LogP contribution < -0.4 is 14.8 Å². The first-order chi connectivity index (χ1) is 13.9. The SMILES string of the molecule is COc1ccc(S(=O)(=O)N2CCOCC2)cc1NC(=O)[C@H](C)Oc1ccccc1. The second-order valence-corrected chi connectivity index (χ2v) is 8.38. The summed E-state index contributed by atoms with van der Waals surface area (Å²) in [7, 11) is -2.25. The van der Waals surface area contributed by atoms with E-state index in [0.717, 1.165) is 0 Å². The zero-order chi connectivity index (χ0) is 20.9. The van der Waals surface area contributed by atoms with Crippen LogP contribution in [0, 0.1) is 0 Å². The van der Waals surface area contributed by atoms with Gasteiger partial charge in [0.05, 0.1) is 30.9 Å². The smallest absolute Gasteiger partial charge is 0.265 e. The number of hydrogen-bond donors (Lipinski definition) is 1. The largest absolute Gasteiger partial charge is 0.495 e. The van der Waals surface area contributed by atoms with Crippen molar-refractivity contribution in [3.63, 3.8) is 0 Å². The Balaban J connectivity index is 1.79. The first kappa shape index (κ1) is 21.1. The molecule has 1 saturated heterocycles. The predicted molar refractivity (Wildman–Crippen MR) is 108 cm³/mol. The van der Waals surface area contributed by atoms with Gasteiger partial charge in [0.15, 0.2) is 6.10 Å². The topological polar surface area (TPSA) is 94.2 Å². The number of nitrogens with zero attached hydrogens (tertiary/aromatic N) is 1. The van der Waals surface area contributed by atoms with Gasteiger partial charge in [-0.25, -0.2) is 8.42 Å². The average Bonchev–Trinajstić information content (AvgIpc) is 2.75. The van der Waals surface area contributed by atoms with Crippen molar-refractivity contribution in [1.82, 2.24) is 4.31 Å². The van der Waals surface area contributed by atoms with Crippen molar-refractivity contribution >= 4 is 21.6 Å². The number of anilines is 1. The normalized spacial score (nSPS) is 16.1. The Labute approximate surface area is 170 Å². The van der Waals surface area contributed by atoms with E-state index in [1.165, 1.54) is 29.6 Å². The molecule has 1 atom stereocenters. The fraction of sp³-hybridized carbons (Fsp3) is 0.350. The number of amides is 1. The van der Waals surface area contributed by atoms with Crippen molar-refractivity contribution in [2.75, 3.05) is 38.7 Å². The van der Waals surface area contributed by atoms with E-state index in [0.29, 0.717) is 24.7 Å². The first-order valence-electron chi connectivity index (χ1n) is 9.20. The third-order valence-electron chi connectivity index (χ3n) is 4.46. The van der Waals surface area contributed by atoms with Crippen molar-refractivity contribution in [3.05, 3.63) is 48.5 Å². The summed E-state index contributed by atoms with van der Waals surface area (Å²) in [6.45, 7) is 2.90. The fourth-order valence-corrected chi connectivity index (χ4v) is 4.31. The van der Waals surface area contributed by atoms with Gasteiger partial charge >= 0.3 is 0 Å². The van der Waals surface area contributed by atoms with Gasteiger partial charge in [-0.1, -0.05) is 18.2 Å². The monoisotopic (exact) mass is 420 g/mol. The third-order valence-corrected chi connectivity index (χ3v) is 6.36. The molecule has 8 nitrogen and oxygen atoms in total. The van der Waals surface area contributed by atoms with Gasteiger partial charge in [0.2, 0.25) is 10.0 Å². The van der Waals surface area contributed by atoms with Crippen LogP contribution in [-0.2, 0) is 19.6 Å². The Morgan fingerprint density at radius 2 is 1.83 bits per heavy atom. The molecule has 1 amide bonds. The van der Waals surface area contributed by atoms with Gasteiger partial charge in [0.25, 0.3) is 5.91 Å². The number of carbonyl (C=O) groups excluding carboxylic acids is 1. The lowest BCUT2D eigenvalue weighted by Gasteiger charge is -2.26. The van der Waals surface area contributed by atoms with E-state index in [-0.39, 0.29) is 23.7 Å². The van der Waals surface area contributed by atoms with E-state index in [1.54, 1.807) is 19.1 Å². The molecule has 0 radical (unpaired) electrons. The fourth-order valence-electron chi connectivity index (χ4n) is 2.87. The third kappa shape index (κ3) is 5.06. The van der Waals surface area contributed by atoms with Crippen molar-refractivity contribution in [2.45, 2.75) is 17.9 Å². The van der Waals surface area contributed by atoms with Gasteiger partial charge in [-0.3, -0.25) is 4.79 Å². The van der Waals surface area contributed by atoms with Crippen molar-refractivity contribution < 1.29 is 27.4 Å². The van der Waals surface area contributed by atoms with Crippen LogP contribution in [0.2, 0.25) is 0 Å². The molecule has 1 fully saturated rings. The Morgan fingerprint density at radius 1 is 1.14 bits per heavy atom. The second-order valence-electron chi connectivity index (χ2n) is 6.44. The molecule has 0 aliphatic carbocycles. The molecule has 29 heavy (non-hydrogen) atoms. The highest BCUT2D eigenvalue weighted by Gasteiger charge is 2.27. The maximum Gasteiger partial charge on any atom is 0.265 e. The van der Waals surface area contributed by atoms with Gasteiger partial charge in [-0.05, 0) is 37.3 Å². The number of morpholine rings is 1. The van der Waals surface area contributed by atoms with Crippen LogP contribution in [0.25, 0.3) is 0 Å². The summed E-state index contributed by atoms with van der Waals surface area (Å²) in [6.07, 6.45) is -0.790. The maximum absolute atomic E-state index is 12.9. The van der Waals surface area contributed by atoms with Gasteiger partial charge in [0.1, 0.15) is 11.5 Å². The summed E-state index contributed by atoms with van der Waals surface area (Å²) in [5, 5.41) is 2.70. The second kappa shape index (κ2) is 9.25. The highest BCUT2D eigenvalue weighted by atomic mass is 32.2. The minimum Gasteiger partial charge on any atom is -0.495 e. The molecule has 0 saturated carbocycles. The van der Waals surface area contributed by atoms with Crippen LogP contribution in [0.1, 0.15) is 6.92 Å². The number of sulfonamides is 1. The summed E-state index contributed by atoms with van der Waals surface area (Å²) in [5.74, 6) is 0.491. The van der Waals surface area contributed by atoms with Crippen LogP contribution in [0.3, 0.4) is 0 Å². The Bertz CT molecular complexity index is 943. The molecular formula is C20H24N2O6S. The van der Waals surface area contributed by atoms with Gasteiger partial charge in [-0.2, -0.15) is 4.31 Å². The quantitative estimate of drug-likeness (QED) is 0.737. The Hall–Kier alpha value is -2.62. The highest BCUT2D eigenvalue weighted by molar-refractivity contribution is 7.89. The van der Waals surface area contributed by atoms with Gasteiger partial charge in [0, 0.05) is 13.1 Å². The van der Waals surface area contributed by atoms with Gasteiger partial charge < -0.3 is 19.5 Å². The molecule has 1 N–H and O–H groups in total. The minimum atomic E-state index is -3.70. The zero-order valence-electron chi connectivity index (χ0n) is 16.3. The number of para-hydroxylation sites is 1. The van der Waals surface area contributed by atoms with Crippen molar-refractivity contribution in [1.29, 1.82) is 0 Å². The lowest BCUT2D eigenvalue weighted by molar-refractivity contribution is -0.122. The zero-order valence-corrected chi connectivity index (χ0v) is 17.1. The molecule has 9 heteroatoms. The number of nitrogens with one attached hydrogen (secondary N) is 1. The number of rotatable bonds is 7. The first-order valence-corrected chi connectivity index (χ1v) is 10.6. The van der Waals surface area contributed by atoms with E-state index in [2.05, 4.69) is 5.32 Å². The molecule has 1 heterocycles. The van der Waals surface area contributed by atoms with Crippen LogP contribution in [-0.4, -0.2) is 58.1 Å². The predicted octanol–water partition coefficient (Wildman–Crippen LogP) is 2.12. The molecule has 0 bridgehead atoms. The van der Waals surface area contributed by atoms with Crippen LogP contribution >= 0.6 is 0 Å².